The number of rotatable bonds is 8. The fraction of sp³-hybridized carbons (Fsp3) is 0.625. The molecule has 1 saturated heterocycles. The monoisotopic (exact) mass is 389 g/mol. The van der Waals surface area contributed by atoms with Crippen LogP contribution in [-0.2, 0) is 20.0 Å². The van der Waals surface area contributed by atoms with Crippen LogP contribution < -0.4 is 10.0 Å². The summed E-state index contributed by atoms with van der Waals surface area (Å²) in [5.41, 5.74) is 0. The summed E-state index contributed by atoms with van der Waals surface area (Å²) in [5.74, 6) is 0. The fourth-order valence-electron chi connectivity index (χ4n) is 2.77. The van der Waals surface area contributed by atoms with E-state index in [4.69, 9.17) is 0 Å². The summed E-state index contributed by atoms with van der Waals surface area (Å²) in [4.78, 5) is 0.00357. The molecule has 0 bridgehead atoms. The number of sulfonamides is 2. The zero-order valence-electron chi connectivity index (χ0n) is 14.6. The van der Waals surface area contributed by atoms with E-state index >= 15 is 0 Å². The quantitative estimate of drug-likeness (QED) is 0.650. The molecular weight excluding hydrogens is 362 g/mol. The lowest BCUT2D eigenvalue weighted by Gasteiger charge is -2.20. The average Bonchev–Trinajstić information content (AvgIpc) is 2.89. The molecule has 1 fully saturated rings. The Bertz CT molecular complexity index is 755. The molecule has 1 aliphatic heterocycles. The third kappa shape index (κ3) is 5.49. The third-order valence-electron chi connectivity index (χ3n) is 4.16. The van der Waals surface area contributed by atoms with Gasteiger partial charge < -0.3 is 5.32 Å². The molecule has 1 aromatic rings. The smallest absolute Gasteiger partial charge is 0.243 e. The summed E-state index contributed by atoms with van der Waals surface area (Å²) in [5, 5.41) is 3.03. The highest BCUT2D eigenvalue weighted by atomic mass is 32.2. The molecular formula is C16H27N3O4S2. The van der Waals surface area contributed by atoms with Crippen molar-refractivity contribution in [2.45, 2.75) is 42.4 Å². The number of hydrogen-bond acceptors (Lipinski definition) is 5. The Morgan fingerprint density at radius 3 is 2.24 bits per heavy atom. The van der Waals surface area contributed by atoms with Gasteiger partial charge in [0.1, 0.15) is 0 Å². The van der Waals surface area contributed by atoms with E-state index in [0.29, 0.717) is 19.6 Å². The van der Waals surface area contributed by atoms with Crippen molar-refractivity contribution in [2.75, 3.05) is 32.7 Å². The van der Waals surface area contributed by atoms with Crippen LogP contribution in [0, 0.1) is 0 Å². The molecule has 2 N–H and O–H groups in total. The minimum Gasteiger partial charge on any atom is -0.316 e. The first-order valence-corrected chi connectivity index (χ1v) is 11.6. The molecule has 1 aliphatic rings. The Kier molecular flexibility index (Phi) is 7.38. The van der Waals surface area contributed by atoms with Crippen molar-refractivity contribution in [2.24, 2.45) is 0 Å². The Hall–Kier alpha value is -1.00. The molecule has 1 aromatic carbocycles. The van der Waals surface area contributed by atoms with Crippen molar-refractivity contribution < 1.29 is 16.8 Å². The van der Waals surface area contributed by atoms with Crippen LogP contribution >= 0.6 is 0 Å². The van der Waals surface area contributed by atoms with Gasteiger partial charge in [0.15, 0.2) is 0 Å². The van der Waals surface area contributed by atoms with E-state index < -0.39 is 20.0 Å². The van der Waals surface area contributed by atoms with Crippen molar-refractivity contribution in [3.05, 3.63) is 24.3 Å². The minimum atomic E-state index is -3.73. The zero-order valence-corrected chi connectivity index (χ0v) is 16.2. The van der Waals surface area contributed by atoms with E-state index in [1.54, 1.807) is 0 Å². The largest absolute Gasteiger partial charge is 0.316 e. The van der Waals surface area contributed by atoms with Crippen LogP contribution in [0.5, 0.6) is 0 Å². The van der Waals surface area contributed by atoms with Gasteiger partial charge in [0, 0.05) is 26.2 Å². The molecule has 0 atom stereocenters. The fourth-order valence-corrected chi connectivity index (χ4v) is 5.48. The van der Waals surface area contributed by atoms with Crippen LogP contribution in [0.3, 0.4) is 0 Å². The summed E-state index contributed by atoms with van der Waals surface area (Å²) < 4.78 is 54.3. The molecule has 0 aromatic heterocycles. The first-order valence-electron chi connectivity index (χ1n) is 8.68. The molecule has 0 radical (unpaired) electrons. The molecule has 2 rings (SSSR count). The number of nitrogens with zero attached hydrogens (tertiary/aromatic N) is 1. The van der Waals surface area contributed by atoms with Gasteiger partial charge in [-0.25, -0.2) is 21.6 Å². The van der Waals surface area contributed by atoms with Crippen LogP contribution in [0.25, 0.3) is 0 Å². The Labute approximate surface area is 150 Å². The SMILES string of the molecule is CCNCCNS(=O)(=O)c1cccc(S(=O)(=O)N2CCCCCC2)c1. The maximum Gasteiger partial charge on any atom is 0.243 e. The topological polar surface area (TPSA) is 95.6 Å². The van der Waals surface area contributed by atoms with Gasteiger partial charge >= 0.3 is 0 Å². The normalized spacial score (nSPS) is 17.3. The van der Waals surface area contributed by atoms with Gasteiger partial charge in [-0.05, 0) is 37.6 Å². The van der Waals surface area contributed by atoms with E-state index in [1.807, 2.05) is 6.92 Å². The maximum atomic E-state index is 12.8. The van der Waals surface area contributed by atoms with Crippen LogP contribution in [0.2, 0.25) is 0 Å². The summed E-state index contributed by atoms with van der Waals surface area (Å²) in [7, 11) is -7.40. The second kappa shape index (κ2) is 9.09. The number of hydrogen-bond donors (Lipinski definition) is 2. The highest BCUT2D eigenvalue weighted by Crippen LogP contribution is 2.22. The van der Waals surface area contributed by atoms with Gasteiger partial charge in [-0.15, -0.1) is 0 Å². The van der Waals surface area contributed by atoms with Gasteiger partial charge in [0.05, 0.1) is 9.79 Å². The van der Waals surface area contributed by atoms with Crippen LogP contribution in [0.1, 0.15) is 32.6 Å². The van der Waals surface area contributed by atoms with Crippen molar-refractivity contribution >= 4 is 20.0 Å². The van der Waals surface area contributed by atoms with Crippen molar-refractivity contribution in [1.29, 1.82) is 0 Å². The number of likely N-dealkylation sites (N-methyl/N-ethyl adjacent to an activating group) is 1. The number of nitrogens with one attached hydrogen (secondary N) is 2. The zero-order chi connectivity index (χ0) is 18.3. The molecule has 9 heteroatoms. The Balaban J connectivity index is 2.19. The van der Waals surface area contributed by atoms with Gasteiger partial charge in [0.2, 0.25) is 20.0 Å². The van der Waals surface area contributed by atoms with Gasteiger partial charge in [-0.2, -0.15) is 4.31 Å². The summed E-state index contributed by atoms with van der Waals surface area (Å²) >= 11 is 0. The van der Waals surface area contributed by atoms with Gasteiger partial charge in [0.25, 0.3) is 0 Å². The predicted molar refractivity (Wildman–Crippen MR) is 97.4 cm³/mol. The Morgan fingerprint density at radius 2 is 1.60 bits per heavy atom. The van der Waals surface area contributed by atoms with Crippen molar-refractivity contribution in [3.8, 4) is 0 Å². The van der Waals surface area contributed by atoms with Crippen LogP contribution in [0.4, 0.5) is 0 Å². The van der Waals surface area contributed by atoms with E-state index in [1.165, 1.54) is 28.6 Å². The molecule has 0 saturated carbocycles. The lowest BCUT2D eigenvalue weighted by molar-refractivity contribution is 0.423. The summed E-state index contributed by atoms with van der Waals surface area (Å²) in [6.07, 6.45) is 3.72. The van der Waals surface area contributed by atoms with E-state index in [2.05, 4.69) is 10.0 Å². The minimum absolute atomic E-state index is 0.0279. The van der Waals surface area contributed by atoms with Crippen LogP contribution in [-0.4, -0.2) is 53.9 Å². The number of benzene rings is 1. The molecule has 142 valence electrons. The molecule has 1 heterocycles. The van der Waals surface area contributed by atoms with Gasteiger partial charge in [-0.3, -0.25) is 0 Å². The highest BCUT2D eigenvalue weighted by molar-refractivity contribution is 7.90. The van der Waals surface area contributed by atoms with Crippen molar-refractivity contribution in [1.82, 2.24) is 14.3 Å². The van der Waals surface area contributed by atoms with Crippen molar-refractivity contribution in [3.63, 3.8) is 0 Å². The van der Waals surface area contributed by atoms with Crippen LogP contribution in [0.15, 0.2) is 34.1 Å². The Morgan fingerprint density at radius 1 is 0.960 bits per heavy atom. The van der Waals surface area contributed by atoms with E-state index in [-0.39, 0.29) is 16.3 Å². The second-order valence-electron chi connectivity index (χ2n) is 6.04. The first-order chi connectivity index (χ1) is 11.9. The van der Waals surface area contributed by atoms with E-state index in [9.17, 15) is 16.8 Å². The third-order valence-corrected chi connectivity index (χ3v) is 7.52. The molecule has 0 aliphatic carbocycles. The average molecular weight is 390 g/mol. The lowest BCUT2D eigenvalue weighted by Crippen LogP contribution is -2.33. The molecule has 0 spiro atoms. The maximum absolute atomic E-state index is 12.8. The van der Waals surface area contributed by atoms with Gasteiger partial charge in [-0.1, -0.05) is 25.8 Å². The predicted octanol–water partition coefficient (Wildman–Crippen LogP) is 1.14. The van der Waals surface area contributed by atoms with E-state index in [0.717, 1.165) is 32.2 Å². The summed E-state index contributed by atoms with van der Waals surface area (Å²) in [6, 6.07) is 5.59. The lowest BCUT2D eigenvalue weighted by atomic mass is 10.2. The second-order valence-corrected chi connectivity index (χ2v) is 9.75. The molecule has 25 heavy (non-hydrogen) atoms. The summed E-state index contributed by atoms with van der Waals surface area (Å²) in [6.45, 7) is 4.43. The standard InChI is InChI=1S/C16H27N3O4S2/c1-2-17-10-11-18-24(20,21)15-8-7-9-16(14-15)25(22,23)19-12-5-3-4-6-13-19/h7-9,14,17-18H,2-6,10-13H2,1H3. The highest BCUT2D eigenvalue weighted by Gasteiger charge is 2.26. The molecule has 0 unspecified atom stereocenters. The molecule has 7 nitrogen and oxygen atoms in total. The first kappa shape index (κ1) is 20.3. The molecule has 0 amide bonds.